The van der Waals surface area contributed by atoms with Gasteiger partial charge in [0.05, 0.1) is 11.0 Å². The Morgan fingerprint density at radius 3 is 2.73 bits per heavy atom. The molecule has 0 saturated heterocycles. The van der Waals surface area contributed by atoms with Gasteiger partial charge in [-0.3, -0.25) is 0 Å². The van der Waals surface area contributed by atoms with Gasteiger partial charge in [-0.2, -0.15) is 0 Å². The van der Waals surface area contributed by atoms with E-state index in [1.165, 1.54) is 0 Å². The Morgan fingerprint density at radius 2 is 2.00 bits per heavy atom. The Bertz CT molecular complexity index is 325. The molecule has 0 aliphatic carbocycles. The van der Waals surface area contributed by atoms with Crippen molar-refractivity contribution in [3.8, 4) is 0 Å². The molecule has 1 radical (unpaired) electrons. The van der Waals surface area contributed by atoms with Crippen molar-refractivity contribution >= 4 is 23.7 Å². The van der Waals surface area contributed by atoms with Crippen LogP contribution in [-0.4, -0.2) is 9.97 Å². The van der Waals surface area contributed by atoms with Crippen LogP contribution in [0.3, 0.4) is 0 Å². The number of aromatic nitrogens is 2. The van der Waals surface area contributed by atoms with Gasteiger partial charge in [0.15, 0.2) is 5.16 Å². The van der Waals surface area contributed by atoms with E-state index in [-0.39, 0.29) is 16.8 Å². The van der Waals surface area contributed by atoms with Crippen LogP contribution in [0, 0.1) is 0 Å². The molecular weight excluding hydrogens is 203 g/mol. The number of imidazole rings is 1. The van der Waals surface area contributed by atoms with Gasteiger partial charge in [0.1, 0.15) is 0 Å². The number of para-hydroxylation sites is 2. The van der Waals surface area contributed by atoms with Crippen LogP contribution in [0.1, 0.15) is 0 Å². The van der Waals surface area contributed by atoms with Crippen LogP contribution < -0.4 is 0 Å². The summed E-state index contributed by atoms with van der Waals surface area (Å²) in [5.74, 6) is 0. The van der Waals surface area contributed by atoms with Crippen molar-refractivity contribution in [2.75, 3.05) is 0 Å². The average molecular weight is 209 g/mol. The maximum atomic E-state index is 4.12. The second-order valence-electron chi connectivity index (χ2n) is 2.08. The summed E-state index contributed by atoms with van der Waals surface area (Å²) in [6, 6.07) is 7.84. The summed E-state index contributed by atoms with van der Waals surface area (Å²) in [4.78, 5) is 7.13. The summed E-state index contributed by atoms with van der Waals surface area (Å²) in [6.07, 6.45) is 0. The Balaban J connectivity index is 0.000000605. The van der Waals surface area contributed by atoms with E-state index in [2.05, 4.69) is 22.6 Å². The summed E-state index contributed by atoms with van der Waals surface area (Å²) >= 11 is 4.08. The molecule has 0 aliphatic rings. The molecule has 0 saturated carbocycles. The normalized spacial score (nSPS) is 9.55. The maximum Gasteiger partial charge on any atom is 0.163 e. The average Bonchev–Trinajstić information content (AvgIpc) is 2.27. The number of nitrogens with zero attached hydrogens (tertiary/aromatic N) is 1. The fourth-order valence-corrected chi connectivity index (χ4v) is 1.17. The van der Waals surface area contributed by atoms with Crippen molar-refractivity contribution in [1.82, 2.24) is 9.97 Å². The molecule has 0 bridgehead atoms. The molecule has 2 aromatic rings. The van der Waals surface area contributed by atoms with Gasteiger partial charge in [-0.05, 0) is 12.1 Å². The molecule has 59 valence electrons. The zero-order valence-corrected chi connectivity index (χ0v) is 7.47. The molecule has 1 N–H and O–H groups in total. The van der Waals surface area contributed by atoms with Gasteiger partial charge in [-0.25, -0.2) is 4.98 Å². The zero-order chi connectivity index (χ0) is 6.97. The number of hydrogen-bond acceptors (Lipinski definition) is 2. The predicted molar refractivity (Wildman–Crippen MR) is 43.3 cm³/mol. The van der Waals surface area contributed by atoms with E-state index >= 15 is 0 Å². The molecule has 0 fully saturated rings. The van der Waals surface area contributed by atoms with E-state index in [0.29, 0.717) is 5.16 Å². The number of thiol groups is 1. The number of hydrogen-bond donors (Lipinski definition) is 2. The molecule has 4 heteroatoms. The first kappa shape index (κ1) is 8.64. The summed E-state index contributed by atoms with van der Waals surface area (Å²) in [5, 5.41) is 0.668. The second-order valence-corrected chi connectivity index (χ2v) is 2.50. The number of aromatic amines is 1. The Hall–Kier alpha value is -0.454. The van der Waals surface area contributed by atoms with Gasteiger partial charge in [-0.15, -0.1) is 12.6 Å². The topological polar surface area (TPSA) is 28.7 Å². The van der Waals surface area contributed by atoms with Gasteiger partial charge < -0.3 is 4.98 Å². The molecule has 0 unspecified atom stereocenters. The van der Waals surface area contributed by atoms with Crippen LogP contribution in [0.5, 0.6) is 0 Å². The summed E-state index contributed by atoms with van der Waals surface area (Å²) < 4.78 is 0. The first-order valence-corrected chi connectivity index (χ1v) is 3.45. The third-order valence-electron chi connectivity index (χ3n) is 1.38. The predicted octanol–water partition coefficient (Wildman–Crippen LogP) is 1.85. The minimum Gasteiger partial charge on any atom is -0.333 e. The van der Waals surface area contributed by atoms with E-state index in [4.69, 9.17) is 0 Å². The molecule has 1 aromatic carbocycles. The fourth-order valence-electron chi connectivity index (χ4n) is 0.939. The van der Waals surface area contributed by atoms with Crippen LogP contribution >= 0.6 is 12.6 Å². The minimum atomic E-state index is 0. The Labute approximate surface area is 80.0 Å². The number of rotatable bonds is 0. The van der Waals surface area contributed by atoms with Gasteiger partial charge in [-0.1, -0.05) is 12.1 Å². The fraction of sp³-hybridized carbons (Fsp3) is 0. The molecule has 2 nitrogen and oxygen atoms in total. The Kier molecular flexibility index (Phi) is 2.59. The van der Waals surface area contributed by atoms with E-state index < -0.39 is 0 Å². The number of fused-ring (bicyclic) bond motifs is 1. The molecule has 11 heavy (non-hydrogen) atoms. The van der Waals surface area contributed by atoms with Crippen molar-refractivity contribution in [2.45, 2.75) is 5.16 Å². The molecule has 2 rings (SSSR count). The van der Waals surface area contributed by atoms with Crippen LogP contribution in [0.15, 0.2) is 29.4 Å². The number of benzene rings is 1. The zero-order valence-electron chi connectivity index (χ0n) is 5.54. The van der Waals surface area contributed by atoms with Crippen molar-refractivity contribution in [1.29, 1.82) is 0 Å². The Morgan fingerprint density at radius 1 is 1.27 bits per heavy atom. The second kappa shape index (κ2) is 3.30. The molecule has 1 aromatic heterocycles. The number of H-pyrrole nitrogens is 1. The summed E-state index contributed by atoms with van der Waals surface area (Å²) in [6.45, 7) is 0. The van der Waals surface area contributed by atoms with Crippen molar-refractivity contribution in [2.24, 2.45) is 0 Å². The van der Waals surface area contributed by atoms with E-state index in [1.807, 2.05) is 24.3 Å². The number of nitrogens with one attached hydrogen (secondary N) is 1. The molecular formula is C7H6CoN2S. The largest absolute Gasteiger partial charge is 0.333 e. The molecule has 0 aliphatic heterocycles. The van der Waals surface area contributed by atoms with Crippen LogP contribution in [-0.2, 0) is 16.8 Å². The third-order valence-corrected chi connectivity index (χ3v) is 1.59. The maximum absolute atomic E-state index is 4.12. The van der Waals surface area contributed by atoms with Crippen LogP contribution in [0.2, 0.25) is 0 Å². The first-order valence-electron chi connectivity index (χ1n) is 3.00. The first-order chi connectivity index (χ1) is 4.86. The van der Waals surface area contributed by atoms with E-state index in [0.717, 1.165) is 11.0 Å². The van der Waals surface area contributed by atoms with Crippen molar-refractivity contribution in [3.05, 3.63) is 24.3 Å². The van der Waals surface area contributed by atoms with E-state index in [1.54, 1.807) is 0 Å². The monoisotopic (exact) mass is 209 g/mol. The van der Waals surface area contributed by atoms with Gasteiger partial charge >= 0.3 is 0 Å². The molecule has 1 heterocycles. The van der Waals surface area contributed by atoms with Gasteiger partial charge in [0.2, 0.25) is 0 Å². The third kappa shape index (κ3) is 1.58. The molecule has 0 spiro atoms. The minimum absolute atomic E-state index is 0. The van der Waals surface area contributed by atoms with Crippen LogP contribution in [0.25, 0.3) is 11.0 Å². The van der Waals surface area contributed by atoms with Crippen molar-refractivity contribution in [3.63, 3.8) is 0 Å². The van der Waals surface area contributed by atoms with Crippen LogP contribution in [0.4, 0.5) is 0 Å². The molecule has 0 amide bonds. The quantitative estimate of drug-likeness (QED) is 0.637. The molecule has 0 atom stereocenters. The van der Waals surface area contributed by atoms with Gasteiger partial charge in [0, 0.05) is 16.8 Å². The van der Waals surface area contributed by atoms with Gasteiger partial charge in [0.25, 0.3) is 0 Å². The van der Waals surface area contributed by atoms with E-state index in [9.17, 15) is 0 Å². The van der Waals surface area contributed by atoms with Crippen molar-refractivity contribution < 1.29 is 16.8 Å². The summed E-state index contributed by atoms with van der Waals surface area (Å²) in [5.41, 5.74) is 2.00. The SMILES string of the molecule is Sc1nc2ccccc2[nH]1.[Co]. The standard InChI is InChI=1S/C7H6N2S.Co/c10-7-8-5-3-1-2-4-6(5)9-7;/h1-4H,(H2,8,9,10);. The summed E-state index contributed by atoms with van der Waals surface area (Å²) in [7, 11) is 0. The smallest absolute Gasteiger partial charge is 0.163 e.